The van der Waals surface area contributed by atoms with Crippen LogP contribution in [0.25, 0.3) is 0 Å². The van der Waals surface area contributed by atoms with E-state index in [0.29, 0.717) is 0 Å². The molecule has 2 N–H and O–H groups in total. The molecule has 2 rings (SSSR count). The number of aliphatic hydroxyl groups excluding tert-OH is 1. The van der Waals surface area contributed by atoms with Crippen molar-refractivity contribution in [1.82, 2.24) is 4.90 Å². The quantitative estimate of drug-likeness (QED) is 0.599. The Morgan fingerprint density at radius 3 is 2.39 bits per heavy atom. The van der Waals surface area contributed by atoms with Crippen molar-refractivity contribution in [3.05, 3.63) is 30.3 Å². The molecular formula is C16H19NO5S. The fourth-order valence-corrected chi connectivity index (χ4v) is 3.69. The third-order valence-corrected chi connectivity index (χ3v) is 5.05. The van der Waals surface area contributed by atoms with Crippen molar-refractivity contribution in [3.63, 3.8) is 0 Å². The Kier molecular flexibility index (Phi) is 5.43. The number of carboxylic acid groups (broad SMARTS) is 1. The van der Waals surface area contributed by atoms with Crippen LogP contribution in [0.2, 0.25) is 0 Å². The van der Waals surface area contributed by atoms with E-state index in [-0.39, 0.29) is 5.12 Å². The van der Waals surface area contributed by atoms with E-state index in [0.717, 1.165) is 21.6 Å². The normalized spacial score (nSPS) is 23.1. The third kappa shape index (κ3) is 3.73. The number of thioether (sulfide) groups is 1. The Morgan fingerprint density at radius 1 is 1.26 bits per heavy atom. The van der Waals surface area contributed by atoms with Gasteiger partial charge >= 0.3 is 5.97 Å². The molecule has 124 valence electrons. The summed E-state index contributed by atoms with van der Waals surface area (Å²) < 4.78 is 0. The maximum Gasteiger partial charge on any atom is 0.323 e. The van der Waals surface area contributed by atoms with Crippen LogP contribution in [0.15, 0.2) is 35.2 Å². The van der Waals surface area contributed by atoms with Gasteiger partial charge in [-0.05, 0) is 19.1 Å². The number of β-lactam (4-membered cyclic amide) rings is 1. The first-order chi connectivity index (χ1) is 10.8. The van der Waals surface area contributed by atoms with Crippen LogP contribution in [0.1, 0.15) is 13.8 Å². The highest BCUT2D eigenvalue weighted by molar-refractivity contribution is 8.13. The average Bonchev–Trinajstić information content (AvgIpc) is 2.49. The van der Waals surface area contributed by atoms with Crippen LogP contribution in [0, 0.1) is 11.8 Å². The van der Waals surface area contributed by atoms with E-state index in [2.05, 4.69) is 0 Å². The van der Waals surface area contributed by atoms with Gasteiger partial charge in [0.2, 0.25) is 5.91 Å². The number of aliphatic hydroxyl groups is 1. The van der Waals surface area contributed by atoms with E-state index < -0.39 is 42.4 Å². The highest BCUT2D eigenvalue weighted by Gasteiger charge is 2.53. The minimum Gasteiger partial charge on any atom is -0.480 e. The third-order valence-electron chi connectivity index (χ3n) is 3.97. The van der Waals surface area contributed by atoms with Crippen molar-refractivity contribution in [1.29, 1.82) is 0 Å². The van der Waals surface area contributed by atoms with Crippen molar-refractivity contribution < 1.29 is 24.6 Å². The second-order valence-electron chi connectivity index (χ2n) is 5.64. The second kappa shape index (κ2) is 7.14. The lowest BCUT2D eigenvalue weighted by atomic mass is 9.77. The zero-order chi connectivity index (χ0) is 17.1. The number of hydrogen-bond acceptors (Lipinski definition) is 5. The molecule has 0 aliphatic carbocycles. The predicted molar refractivity (Wildman–Crippen MR) is 84.8 cm³/mol. The summed E-state index contributed by atoms with van der Waals surface area (Å²) in [6.45, 7) is 2.69. The first kappa shape index (κ1) is 17.5. The fourth-order valence-electron chi connectivity index (χ4n) is 2.83. The first-order valence-electron chi connectivity index (χ1n) is 7.30. The van der Waals surface area contributed by atoms with Crippen LogP contribution < -0.4 is 0 Å². The highest BCUT2D eigenvalue weighted by atomic mass is 32.2. The fraction of sp³-hybridized carbons (Fsp3) is 0.438. The lowest BCUT2D eigenvalue weighted by Crippen LogP contribution is -2.68. The lowest BCUT2D eigenvalue weighted by molar-refractivity contribution is -0.173. The van der Waals surface area contributed by atoms with Gasteiger partial charge in [-0.2, -0.15) is 0 Å². The van der Waals surface area contributed by atoms with Crippen LogP contribution in [-0.2, 0) is 14.4 Å². The van der Waals surface area contributed by atoms with Crippen LogP contribution in [-0.4, -0.2) is 50.8 Å². The van der Waals surface area contributed by atoms with Gasteiger partial charge in [0.1, 0.15) is 6.54 Å². The number of amides is 1. The van der Waals surface area contributed by atoms with Crippen LogP contribution in [0.5, 0.6) is 0 Å². The molecule has 23 heavy (non-hydrogen) atoms. The summed E-state index contributed by atoms with van der Waals surface area (Å²) >= 11 is 1.06. The van der Waals surface area contributed by atoms with Crippen LogP contribution in [0.3, 0.4) is 0 Å². The van der Waals surface area contributed by atoms with Crippen molar-refractivity contribution in [2.75, 3.05) is 6.54 Å². The van der Waals surface area contributed by atoms with E-state index in [9.17, 15) is 19.5 Å². The number of aliphatic carboxylic acids is 1. The SMILES string of the molecule is C[C@H](C(=O)Sc1ccccc1)[C@@H]1[C@@H]([C@@H](C)O)C(=O)N1CC(=O)O. The van der Waals surface area contributed by atoms with E-state index in [4.69, 9.17) is 5.11 Å². The molecule has 1 amide bonds. The number of nitrogens with zero attached hydrogens (tertiary/aromatic N) is 1. The Bertz CT molecular complexity index is 604. The van der Waals surface area contributed by atoms with Crippen molar-refractivity contribution in [2.45, 2.75) is 30.9 Å². The molecule has 0 unspecified atom stereocenters. The Morgan fingerprint density at radius 2 is 1.87 bits per heavy atom. The van der Waals surface area contributed by atoms with Gasteiger partial charge in [-0.3, -0.25) is 14.4 Å². The van der Waals surface area contributed by atoms with E-state index >= 15 is 0 Å². The number of rotatable bonds is 6. The molecule has 0 bridgehead atoms. The second-order valence-corrected chi connectivity index (χ2v) is 6.72. The van der Waals surface area contributed by atoms with Crippen LogP contribution >= 0.6 is 11.8 Å². The summed E-state index contributed by atoms with van der Waals surface area (Å²) in [6.07, 6.45) is -0.922. The van der Waals surface area contributed by atoms with Crippen molar-refractivity contribution in [3.8, 4) is 0 Å². The number of benzene rings is 1. The molecule has 1 aromatic carbocycles. The smallest absolute Gasteiger partial charge is 0.323 e. The molecule has 1 aliphatic rings. The standard InChI is InChI=1S/C16H19NO5S/c1-9(16(22)23-11-6-4-3-5-7-11)14-13(10(2)18)15(21)17(14)8-12(19)20/h3-7,9-10,13-14,18H,8H2,1-2H3,(H,19,20)/t9-,10+,13+,14+/m0/s1. The number of carbonyl (C=O) groups excluding carboxylic acids is 2. The summed E-state index contributed by atoms with van der Waals surface area (Å²) in [5.41, 5.74) is 0. The van der Waals surface area contributed by atoms with Crippen molar-refractivity contribution >= 4 is 28.8 Å². The largest absolute Gasteiger partial charge is 0.480 e. The molecular weight excluding hydrogens is 318 g/mol. The molecule has 0 radical (unpaired) electrons. The summed E-state index contributed by atoms with van der Waals surface area (Å²) in [4.78, 5) is 37.3. The maximum absolute atomic E-state index is 12.4. The first-order valence-corrected chi connectivity index (χ1v) is 8.11. The number of carbonyl (C=O) groups is 3. The summed E-state index contributed by atoms with van der Waals surface area (Å²) in [6, 6.07) is 8.51. The van der Waals surface area contributed by atoms with Gasteiger partial charge in [0.25, 0.3) is 0 Å². The zero-order valence-corrected chi connectivity index (χ0v) is 13.7. The Labute approximate surface area is 138 Å². The summed E-state index contributed by atoms with van der Waals surface area (Å²) in [5, 5.41) is 18.5. The average molecular weight is 337 g/mol. The monoisotopic (exact) mass is 337 g/mol. The molecule has 4 atom stereocenters. The van der Waals surface area contributed by atoms with Gasteiger partial charge in [-0.1, -0.05) is 36.9 Å². The summed E-state index contributed by atoms with van der Waals surface area (Å²) in [5.74, 6) is -2.86. The van der Waals surface area contributed by atoms with E-state index in [1.807, 2.05) is 30.3 Å². The van der Waals surface area contributed by atoms with Gasteiger partial charge in [0.05, 0.1) is 18.1 Å². The molecule has 1 fully saturated rings. The topological polar surface area (TPSA) is 94.9 Å². The van der Waals surface area contributed by atoms with E-state index in [1.165, 1.54) is 6.92 Å². The Hall–Kier alpha value is -1.86. The molecule has 1 aromatic rings. The van der Waals surface area contributed by atoms with Gasteiger partial charge < -0.3 is 15.1 Å². The molecule has 7 heteroatoms. The highest BCUT2D eigenvalue weighted by Crippen LogP contribution is 2.37. The van der Waals surface area contributed by atoms with Gasteiger partial charge in [-0.15, -0.1) is 0 Å². The van der Waals surface area contributed by atoms with E-state index in [1.54, 1.807) is 6.92 Å². The lowest BCUT2D eigenvalue weighted by Gasteiger charge is -2.49. The predicted octanol–water partition coefficient (Wildman–Crippen LogP) is 1.23. The minimum atomic E-state index is -1.14. The number of carboxylic acids is 1. The summed E-state index contributed by atoms with van der Waals surface area (Å²) in [7, 11) is 0. The van der Waals surface area contributed by atoms with Crippen LogP contribution in [0.4, 0.5) is 0 Å². The number of likely N-dealkylation sites (tertiary alicyclic amines) is 1. The zero-order valence-electron chi connectivity index (χ0n) is 12.9. The van der Waals surface area contributed by atoms with Gasteiger partial charge in [0.15, 0.2) is 5.12 Å². The molecule has 6 nitrogen and oxygen atoms in total. The molecule has 0 saturated carbocycles. The van der Waals surface area contributed by atoms with Gasteiger partial charge in [-0.25, -0.2) is 0 Å². The van der Waals surface area contributed by atoms with Crippen molar-refractivity contribution in [2.24, 2.45) is 11.8 Å². The minimum absolute atomic E-state index is 0.158. The number of hydrogen-bond donors (Lipinski definition) is 2. The molecule has 0 spiro atoms. The Balaban J connectivity index is 2.13. The molecule has 0 aromatic heterocycles. The molecule has 1 heterocycles. The van der Waals surface area contributed by atoms with Gasteiger partial charge in [0, 0.05) is 10.8 Å². The molecule has 1 saturated heterocycles. The molecule has 1 aliphatic heterocycles. The maximum atomic E-state index is 12.4.